The quantitative estimate of drug-likeness (QED) is 0.368. The van der Waals surface area contributed by atoms with E-state index in [1.54, 1.807) is 19.1 Å². The second-order valence-electron chi connectivity index (χ2n) is 8.05. The average Bonchev–Trinajstić information content (AvgIpc) is 3.14. The number of anilines is 1. The van der Waals surface area contributed by atoms with Crippen LogP contribution in [0, 0.1) is 0 Å². The Kier molecular flexibility index (Phi) is 7.71. The lowest BCUT2D eigenvalue weighted by molar-refractivity contribution is -0.114. The molecule has 0 saturated carbocycles. The Morgan fingerprint density at radius 3 is 2.56 bits per heavy atom. The zero-order valence-corrected chi connectivity index (χ0v) is 20.7. The van der Waals surface area contributed by atoms with Gasteiger partial charge in [-0.1, -0.05) is 48.0 Å². The van der Waals surface area contributed by atoms with Gasteiger partial charge in [0, 0.05) is 6.42 Å². The summed E-state index contributed by atoms with van der Waals surface area (Å²) in [4.78, 5) is 24.6. The van der Waals surface area contributed by atoms with Crippen molar-refractivity contribution in [1.82, 2.24) is 0 Å². The fourth-order valence-electron chi connectivity index (χ4n) is 3.76. The smallest absolute Gasteiger partial charge is 0.337 e. The molecule has 0 unspecified atom stereocenters. The summed E-state index contributed by atoms with van der Waals surface area (Å²) >= 11 is 5.96. The number of ether oxygens (including phenoxy) is 2. The van der Waals surface area contributed by atoms with Crippen LogP contribution in [-0.4, -0.2) is 35.9 Å². The SMILES string of the molecule is CCOc1cc(/C=C2\C(=O)N(c3ccc(Cl)c(C(=O)O)c3)N=C2C)ccc1OCCc1ccccc1. The van der Waals surface area contributed by atoms with Crippen molar-refractivity contribution in [3.63, 3.8) is 0 Å². The molecule has 1 aliphatic heterocycles. The van der Waals surface area contributed by atoms with Gasteiger partial charge in [-0.15, -0.1) is 0 Å². The highest BCUT2D eigenvalue weighted by Gasteiger charge is 2.29. The lowest BCUT2D eigenvalue weighted by Crippen LogP contribution is -2.21. The van der Waals surface area contributed by atoms with Gasteiger partial charge in [0.2, 0.25) is 0 Å². The van der Waals surface area contributed by atoms with Gasteiger partial charge in [0.1, 0.15) is 0 Å². The largest absolute Gasteiger partial charge is 0.490 e. The predicted octanol–water partition coefficient (Wildman–Crippen LogP) is 5.86. The first-order valence-electron chi connectivity index (χ1n) is 11.5. The van der Waals surface area contributed by atoms with Crippen molar-refractivity contribution < 1.29 is 24.2 Å². The van der Waals surface area contributed by atoms with Crippen LogP contribution in [0.4, 0.5) is 5.69 Å². The molecule has 184 valence electrons. The number of benzene rings is 3. The van der Waals surface area contributed by atoms with Gasteiger partial charge >= 0.3 is 5.97 Å². The average molecular weight is 505 g/mol. The number of carbonyl (C=O) groups is 2. The maximum Gasteiger partial charge on any atom is 0.337 e. The van der Waals surface area contributed by atoms with E-state index in [0.717, 1.165) is 12.0 Å². The minimum atomic E-state index is -1.18. The number of halogens is 1. The maximum atomic E-state index is 13.1. The van der Waals surface area contributed by atoms with Crippen molar-refractivity contribution in [2.24, 2.45) is 5.10 Å². The van der Waals surface area contributed by atoms with Crippen molar-refractivity contribution in [2.75, 3.05) is 18.2 Å². The molecule has 1 N–H and O–H groups in total. The monoisotopic (exact) mass is 504 g/mol. The molecule has 0 spiro atoms. The third-order valence-electron chi connectivity index (χ3n) is 5.56. The second-order valence-corrected chi connectivity index (χ2v) is 8.46. The first-order chi connectivity index (χ1) is 17.4. The van der Waals surface area contributed by atoms with Crippen LogP contribution < -0.4 is 14.5 Å². The third kappa shape index (κ3) is 5.58. The molecule has 3 aromatic rings. The van der Waals surface area contributed by atoms with Gasteiger partial charge < -0.3 is 14.6 Å². The first-order valence-corrected chi connectivity index (χ1v) is 11.8. The molecule has 4 rings (SSSR count). The molecule has 7 nitrogen and oxygen atoms in total. The van der Waals surface area contributed by atoms with E-state index < -0.39 is 5.97 Å². The predicted molar refractivity (Wildman–Crippen MR) is 140 cm³/mol. The highest BCUT2D eigenvalue weighted by atomic mass is 35.5. The number of nitrogens with zero attached hydrogens (tertiary/aromatic N) is 2. The van der Waals surface area contributed by atoms with Crippen LogP contribution in [-0.2, 0) is 11.2 Å². The van der Waals surface area contributed by atoms with Gasteiger partial charge in [0.05, 0.1) is 40.8 Å². The van der Waals surface area contributed by atoms with Gasteiger partial charge in [-0.25, -0.2) is 4.79 Å². The number of carbonyl (C=O) groups excluding carboxylic acids is 1. The number of hydrogen-bond acceptors (Lipinski definition) is 5. The van der Waals surface area contributed by atoms with Crippen LogP contribution in [0.5, 0.6) is 11.5 Å². The highest BCUT2D eigenvalue weighted by Crippen LogP contribution is 2.32. The van der Waals surface area contributed by atoms with E-state index in [1.807, 2.05) is 43.3 Å². The van der Waals surface area contributed by atoms with Crippen LogP contribution in [0.25, 0.3) is 6.08 Å². The van der Waals surface area contributed by atoms with Crippen LogP contribution in [0.2, 0.25) is 5.02 Å². The molecule has 0 atom stereocenters. The van der Waals surface area contributed by atoms with E-state index in [9.17, 15) is 14.7 Å². The van der Waals surface area contributed by atoms with Gasteiger partial charge in [0.15, 0.2) is 11.5 Å². The van der Waals surface area contributed by atoms with Crippen LogP contribution in [0.3, 0.4) is 0 Å². The molecule has 36 heavy (non-hydrogen) atoms. The van der Waals surface area contributed by atoms with E-state index in [4.69, 9.17) is 21.1 Å². The molecule has 1 aliphatic rings. The van der Waals surface area contributed by atoms with Crippen molar-refractivity contribution in [2.45, 2.75) is 20.3 Å². The zero-order valence-electron chi connectivity index (χ0n) is 19.9. The lowest BCUT2D eigenvalue weighted by Gasteiger charge is -2.14. The molecule has 0 bridgehead atoms. The van der Waals surface area contributed by atoms with Crippen molar-refractivity contribution in [3.05, 3.63) is 94.0 Å². The highest BCUT2D eigenvalue weighted by molar-refractivity contribution is 6.34. The molecule has 0 aliphatic carbocycles. The number of amides is 1. The number of aromatic carboxylic acids is 1. The summed E-state index contributed by atoms with van der Waals surface area (Å²) in [6.07, 6.45) is 2.50. The molecule has 3 aromatic carbocycles. The number of hydrogen-bond donors (Lipinski definition) is 1. The fraction of sp³-hybridized carbons (Fsp3) is 0.179. The molecule has 1 heterocycles. The number of hydrazone groups is 1. The molecule has 0 saturated heterocycles. The minimum absolute atomic E-state index is 0.0869. The summed E-state index contributed by atoms with van der Waals surface area (Å²) in [5.41, 5.74) is 3.05. The molecule has 0 fully saturated rings. The molecule has 1 amide bonds. The zero-order chi connectivity index (χ0) is 25.7. The Bertz CT molecular complexity index is 1350. The van der Waals surface area contributed by atoms with E-state index in [0.29, 0.717) is 41.7 Å². The molecule has 0 radical (unpaired) electrons. The summed E-state index contributed by atoms with van der Waals surface area (Å²) in [6, 6.07) is 19.9. The van der Waals surface area contributed by atoms with E-state index in [1.165, 1.54) is 22.7 Å². The van der Waals surface area contributed by atoms with E-state index >= 15 is 0 Å². The Morgan fingerprint density at radius 2 is 1.83 bits per heavy atom. The second kappa shape index (κ2) is 11.1. The summed E-state index contributed by atoms with van der Waals surface area (Å²) in [7, 11) is 0. The van der Waals surface area contributed by atoms with Gasteiger partial charge in [-0.05, 0) is 61.4 Å². The van der Waals surface area contributed by atoms with Crippen molar-refractivity contribution in [1.29, 1.82) is 0 Å². The van der Waals surface area contributed by atoms with E-state index in [-0.39, 0.29) is 16.5 Å². The standard InChI is InChI=1S/C28H25ClN2O5/c1-3-35-26-16-20(9-12-25(26)36-14-13-19-7-5-4-6-8-19)15-22-18(2)30-31(27(22)32)21-10-11-24(29)23(17-21)28(33)34/h4-12,15-17H,3,13-14H2,1-2H3,(H,33,34)/b22-15-. The van der Waals surface area contributed by atoms with Crippen LogP contribution in [0.15, 0.2) is 77.4 Å². The normalized spacial score (nSPS) is 14.2. The number of carboxylic acids is 1. The van der Waals surface area contributed by atoms with Gasteiger partial charge in [-0.3, -0.25) is 4.79 Å². The third-order valence-corrected chi connectivity index (χ3v) is 5.89. The summed E-state index contributed by atoms with van der Waals surface area (Å²) in [5, 5.41) is 14.9. The summed E-state index contributed by atoms with van der Waals surface area (Å²) in [5.74, 6) is -0.338. The molecule has 8 heteroatoms. The lowest BCUT2D eigenvalue weighted by atomic mass is 10.1. The topological polar surface area (TPSA) is 88.4 Å². The number of rotatable bonds is 9. The summed E-state index contributed by atoms with van der Waals surface area (Å²) < 4.78 is 11.8. The Morgan fingerprint density at radius 1 is 1.06 bits per heavy atom. The molecular formula is C28H25ClN2O5. The molecule has 0 aromatic heterocycles. The molecular weight excluding hydrogens is 480 g/mol. The van der Waals surface area contributed by atoms with Crippen LogP contribution >= 0.6 is 11.6 Å². The Balaban J connectivity index is 1.54. The van der Waals surface area contributed by atoms with Crippen molar-refractivity contribution >= 4 is 41.0 Å². The Hall–Kier alpha value is -4.10. The van der Waals surface area contributed by atoms with Gasteiger partial charge in [0.25, 0.3) is 5.91 Å². The van der Waals surface area contributed by atoms with Crippen LogP contribution in [0.1, 0.15) is 35.3 Å². The summed E-state index contributed by atoms with van der Waals surface area (Å²) in [6.45, 7) is 4.59. The van der Waals surface area contributed by atoms with Gasteiger partial charge in [-0.2, -0.15) is 10.1 Å². The minimum Gasteiger partial charge on any atom is -0.490 e. The van der Waals surface area contributed by atoms with E-state index in [2.05, 4.69) is 17.2 Å². The number of carboxylic acid groups (broad SMARTS) is 1. The van der Waals surface area contributed by atoms with Crippen molar-refractivity contribution in [3.8, 4) is 11.5 Å². The Labute approximate surface area is 214 Å². The fourth-order valence-corrected chi connectivity index (χ4v) is 3.96. The maximum absolute atomic E-state index is 13.1. The first kappa shape index (κ1) is 25.0.